The predicted molar refractivity (Wildman–Crippen MR) is 76.6 cm³/mol. The fourth-order valence-corrected chi connectivity index (χ4v) is 4.36. The van der Waals surface area contributed by atoms with E-state index >= 15 is 0 Å². The molecule has 1 heterocycles. The largest absolute Gasteiger partial charge is 0.392 e. The fraction of sp³-hybridized carbons (Fsp3) is 0.500. The molecule has 0 amide bonds. The van der Waals surface area contributed by atoms with Crippen molar-refractivity contribution in [3.8, 4) is 0 Å². The molecule has 1 aromatic carbocycles. The lowest BCUT2D eigenvalue weighted by Crippen LogP contribution is -2.33. The summed E-state index contributed by atoms with van der Waals surface area (Å²) in [5.41, 5.74) is 0.223. The van der Waals surface area contributed by atoms with Crippen molar-refractivity contribution in [2.24, 2.45) is 0 Å². The van der Waals surface area contributed by atoms with Crippen LogP contribution < -0.4 is 0 Å². The van der Waals surface area contributed by atoms with Gasteiger partial charge in [0, 0.05) is 30.3 Å². The molecule has 1 aliphatic heterocycles. The first-order valence-corrected chi connectivity index (χ1v) is 8.33. The molecule has 0 radical (unpaired) electrons. The number of benzene rings is 1. The van der Waals surface area contributed by atoms with Gasteiger partial charge >= 0.3 is 0 Å². The molecule has 1 aromatic rings. The molecule has 0 aliphatic carbocycles. The molecule has 2 rings (SSSR count). The van der Waals surface area contributed by atoms with Crippen molar-refractivity contribution in [1.82, 2.24) is 4.31 Å². The molecule has 1 aliphatic rings. The molecular weight excluding hydrogens is 325 g/mol. The van der Waals surface area contributed by atoms with Crippen LogP contribution in [0.2, 0.25) is 10.0 Å². The molecule has 1 fully saturated rings. The van der Waals surface area contributed by atoms with E-state index in [1.54, 1.807) is 0 Å². The van der Waals surface area contributed by atoms with Crippen LogP contribution in [0.1, 0.15) is 12.0 Å². The average molecular weight is 340 g/mol. The number of sulfonamides is 1. The molecular formula is C12H15Cl2NO4S. The number of ether oxygens (including phenoxy) is 1. The second kappa shape index (κ2) is 6.60. The van der Waals surface area contributed by atoms with E-state index in [1.165, 1.54) is 16.4 Å². The third-order valence-corrected chi connectivity index (χ3v) is 5.95. The summed E-state index contributed by atoms with van der Waals surface area (Å²) in [6, 6.07) is 2.80. The summed E-state index contributed by atoms with van der Waals surface area (Å²) in [5, 5.41) is 9.47. The van der Waals surface area contributed by atoms with Crippen molar-refractivity contribution in [3.05, 3.63) is 27.7 Å². The summed E-state index contributed by atoms with van der Waals surface area (Å²) < 4.78 is 31.8. The van der Waals surface area contributed by atoms with Gasteiger partial charge in [0.05, 0.1) is 18.2 Å². The lowest BCUT2D eigenvalue weighted by molar-refractivity contribution is 0.148. The van der Waals surface area contributed by atoms with Gasteiger partial charge in [0.1, 0.15) is 4.90 Å². The number of aliphatic hydroxyl groups is 1. The summed E-state index contributed by atoms with van der Waals surface area (Å²) in [6.45, 7) is 1.16. The molecule has 0 unspecified atom stereocenters. The van der Waals surface area contributed by atoms with Crippen molar-refractivity contribution in [3.63, 3.8) is 0 Å². The molecule has 0 saturated carbocycles. The van der Waals surface area contributed by atoms with E-state index in [1.807, 2.05) is 0 Å². The highest BCUT2D eigenvalue weighted by Gasteiger charge is 2.28. The average Bonchev–Trinajstić information content (AvgIpc) is 2.68. The third-order valence-electron chi connectivity index (χ3n) is 3.11. The zero-order chi connectivity index (χ0) is 14.8. The summed E-state index contributed by atoms with van der Waals surface area (Å²) in [5.74, 6) is 0. The Labute approximate surface area is 128 Å². The maximum atomic E-state index is 12.6. The highest BCUT2D eigenvalue weighted by Crippen LogP contribution is 2.32. The highest BCUT2D eigenvalue weighted by atomic mass is 35.5. The number of aliphatic hydroxyl groups excluding tert-OH is 1. The van der Waals surface area contributed by atoms with Gasteiger partial charge in [0.2, 0.25) is 10.0 Å². The number of nitrogens with zero attached hydrogens (tertiary/aromatic N) is 1. The van der Waals surface area contributed by atoms with Gasteiger partial charge in [-0.2, -0.15) is 4.31 Å². The molecule has 8 heteroatoms. The van der Waals surface area contributed by atoms with Gasteiger partial charge in [-0.15, -0.1) is 0 Å². The zero-order valence-electron chi connectivity index (χ0n) is 10.7. The van der Waals surface area contributed by atoms with Crippen molar-refractivity contribution in [2.75, 3.05) is 26.3 Å². The van der Waals surface area contributed by atoms with E-state index in [0.29, 0.717) is 26.2 Å². The molecule has 0 spiro atoms. The van der Waals surface area contributed by atoms with Gasteiger partial charge in [-0.1, -0.05) is 23.2 Å². The van der Waals surface area contributed by atoms with Crippen LogP contribution in [-0.4, -0.2) is 44.1 Å². The van der Waals surface area contributed by atoms with E-state index in [4.69, 9.17) is 27.9 Å². The Bertz CT molecular complexity index is 583. The van der Waals surface area contributed by atoms with E-state index in [9.17, 15) is 13.5 Å². The molecule has 0 bridgehead atoms. The first-order chi connectivity index (χ1) is 9.48. The van der Waals surface area contributed by atoms with Gasteiger partial charge < -0.3 is 9.84 Å². The Balaban J connectivity index is 2.43. The maximum absolute atomic E-state index is 12.6. The fourth-order valence-electron chi connectivity index (χ4n) is 2.02. The van der Waals surface area contributed by atoms with Gasteiger partial charge in [-0.05, 0) is 18.6 Å². The molecule has 20 heavy (non-hydrogen) atoms. The molecule has 0 aromatic heterocycles. The van der Waals surface area contributed by atoms with E-state index in [0.717, 1.165) is 0 Å². The van der Waals surface area contributed by atoms with Crippen LogP contribution in [0.15, 0.2) is 17.0 Å². The lowest BCUT2D eigenvalue weighted by Gasteiger charge is -2.21. The van der Waals surface area contributed by atoms with Gasteiger partial charge in [-0.25, -0.2) is 8.42 Å². The number of hydrogen-bond acceptors (Lipinski definition) is 4. The van der Waals surface area contributed by atoms with Gasteiger partial charge in [0.25, 0.3) is 0 Å². The molecule has 1 N–H and O–H groups in total. The Hall–Kier alpha value is -0.370. The minimum absolute atomic E-state index is 0.0230. The van der Waals surface area contributed by atoms with Crippen molar-refractivity contribution >= 4 is 33.2 Å². The number of rotatable bonds is 3. The number of hydrogen-bond donors (Lipinski definition) is 1. The minimum atomic E-state index is -3.71. The van der Waals surface area contributed by atoms with Crippen molar-refractivity contribution < 1.29 is 18.3 Å². The molecule has 1 saturated heterocycles. The summed E-state index contributed by atoms with van der Waals surface area (Å²) in [4.78, 5) is -0.0329. The van der Waals surface area contributed by atoms with Crippen molar-refractivity contribution in [1.29, 1.82) is 0 Å². The normalized spacial score (nSPS) is 17.9. The SMILES string of the molecule is O=S(=O)(c1ccc(Cl)c(CO)c1Cl)N1CCCOCC1. The maximum Gasteiger partial charge on any atom is 0.244 e. The predicted octanol–water partition coefficient (Wildman–Crippen LogP) is 1.90. The minimum Gasteiger partial charge on any atom is -0.392 e. The van der Waals surface area contributed by atoms with Crippen LogP contribution in [0.4, 0.5) is 0 Å². The quantitative estimate of drug-likeness (QED) is 0.913. The van der Waals surface area contributed by atoms with E-state index in [-0.39, 0.29) is 27.0 Å². The third kappa shape index (κ3) is 3.10. The summed E-state index contributed by atoms with van der Waals surface area (Å²) in [7, 11) is -3.71. The van der Waals surface area contributed by atoms with Crippen molar-refractivity contribution in [2.45, 2.75) is 17.9 Å². The Morgan fingerprint density at radius 1 is 1.25 bits per heavy atom. The first-order valence-electron chi connectivity index (χ1n) is 6.14. The standard InChI is InChI=1S/C12H15Cl2NO4S/c13-10-2-3-11(12(14)9(10)8-16)20(17,18)15-4-1-6-19-7-5-15/h2-3,16H,1,4-8H2. The zero-order valence-corrected chi connectivity index (χ0v) is 13.0. The second-order valence-electron chi connectivity index (χ2n) is 4.37. The number of halogens is 2. The molecule has 112 valence electrons. The van der Waals surface area contributed by atoms with E-state index < -0.39 is 16.6 Å². The van der Waals surface area contributed by atoms with Crippen LogP contribution in [0.3, 0.4) is 0 Å². The summed E-state index contributed by atoms with van der Waals surface area (Å²) >= 11 is 12.0. The van der Waals surface area contributed by atoms with Crippen LogP contribution in [0.5, 0.6) is 0 Å². The van der Waals surface area contributed by atoms with E-state index in [2.05, 4.69) is 0 Å². The first kappa shape index (κ1) is 16.0. The van der Waals surface area contributed by atoms with Crippen LogP contribution in [-0.2, 0) is 21.4 Å². The molecule has 5 nitrogen and oxygen atoms in total. The monoisotopic (exact) mass is 339 g/mol. The van der Waals surface area contributed by atoms with Gasteiger partial charge in [0.15, 0.2) is 0 Å². The smallest absolute Gasteiger partial charge is 0.244 e. The topological polar surface area (TPSA) is 66.8 Å². The van der Waals surface area contributed by atoms with Crippen LogP contribution in [0, 0.1) is 0 Å². The highest BCUT2D eigenvalue weighted by molar-refractivity contribution is 7.89. The Kier molecular flexibility index (Phi) is 5.28. The Morgan fingerprint density at radius 2 is 2.00 bits per heavy atom. The lowest BCUT2D eigenvalue weighted by atomic mass is 10.2. The van der Waals surface area contributed by atoms with Gasteiger partial charge in [-0.3, -0.25) is 0 Å². The second-order valence-corrected chi connectivity index (χ2v) is 7.06. The summed E-state index contributed by atoms with van der Waals surface area (Å²) in [6.07, 6.45) is 0.636. The van der Waals surface area contributed by atoms with Crippen LogP contribution in [0.25, 0.3) is 0 Å². The van der Waals surface area contributed by atoms with Crippen LogP contribution >= 0.6 is 23.2 Å². The Morgan fingerprint density at radius 3 is 2.70 bits per heavy atom. The molecule has 0 atom stereocenters.